The normalized spacial score (nSPS) is 14.9. The molecule has 2 aromatic heterocycles. The number of benzene rings is 6. The summed E-state index contributed by atoms with van der Waals surface area (Å²) in [6.07, 6.45) is 3.43. The molecule has 2 aliphatic rings. The quantitative estimate of drug-likeness (QED) is 0.206. The van der Waals surface area contributed by atoms with Gasteiger partial charge in [-0.3, -0.25) is 4.57 Å². The van der Waals surface area contributed by atoms with Gasteiger partial charge in [0, 0.05) is 33.7 Å². The molecule has 1 atom stereocenters. The SMILES string of the molecule is CC1CC=C2c3cc4ccccc4cc3-c3cccc4ccc5c(c2c1n5-c1nc(-c2ccccc2)cc(-c2ccccc2)n1)c34. The summed E-state index contributed by atoms with van der Waals surface area (Å²) >= 11 is 0. The largest absolute Gasteiger partial charge is 0.281 e. The molecule has 0 fully saturated rings. The summed E-state index contributed by atoms with van der Waals surface area (Å²) in [7, 11) is 0. The summed E-state index contributed by atoms with van der Waals surface area (Å²) in [5.74, 6) is 1.01. The Morgan fingerprint density at radius 1 is 0.565 bits per heavy atom. The average molecular weight is 588 g/mol. The van der Waals surface area contributed by atoms with Crippen molar-refractivity contribution >= 4 is 38.0 Å². The number of fused-ring (bicyclic) bond motifs is 4. The lowest BCUT2D eigenvalue weighted by molar-refractivity contribution is 0.710. The van der Waals surface area contributed by atoms with Crippen LogP contribution in [-0.4, -0.2) is 14.5 Å². The van der Waals surface area contributed by atoms with Gasteiger partial charge in [0.25, 0.3) is 0 Å². The molecular weight excluding hydrogens is 558 g/mol. The number of hydrogen-bond donors (Lipinski definition) is 0. The van der Waals surface area contributed by atoms with Gasteiger partial charge in [0.1, 0.15) is 0 Å². The molecule has 0 spiro atoms. The second kappa shape index (κ2) is 9.60. The van der Waals surface area contributed by atoms with Crippen molar-refractivity contribution in [3.63, 3.8) is 0 Å². The third-order valence-corrected chi connectivity index (χ3v) is 9.94. The lowest BCUT2D eigenvalue weighted by Gasteiger charge is -2.24. The first kappa shape index (κ1) is 25.5. The molecule has 6 aromatic carbocycles. The van der Waals surface area contributed by atoms with Gasteiger partial charge in [-0.25, -0.2) is 9.97 Å². The van der Waals surface area contributed by atoms with E-state index in [0.717, 1.165) is 40.4 Å². The first-order valence-corrected chi connectivity index (χ1v) is 16.1. The summed E-state index contributed by atoms with van der Waals surface area (Å²) in [5, 5.41) is 6.41. The van der Waals surface area contributed by atoms with Gasteiger partial charge in [-0.05, 0) is 74.5 Å². The molecule has 0 amide bonds. The van der Waals surface area contributed by atoms with Gasteiger partial charge in [-0.1, -0.05) is 122 Å². The Balaban J connectivity index is 1.35. The van der Waals surface area contributed by atoms with Crippen LogP contribution < -0.4 is 0 Å². The zero-order valence-electron chi connectivity index (χ0n) is 25.4. The Morgan fingerprint density at radius 2 is 1.20 bits per heavy atom. The van der Waals surface area contributed by atoms with Crippen LogP contribution in [0.5, 0.6) is 0 Å². The number of aromatic nitrogens is 3. The van der Waals surface area contributed by atoms with E-state index in [1.807, 2.05) is 0 Å². The Kier molecular flexibility index (Phi) is 5.32. The molecule has 3 nitrogen and oxygen atoms in total. The summed E-state index contributed by atoms with van der Waals surface area (Å²) in [6.45, 7) is 2.35. The summed E-state index contributed by atoms with van der Waals surface area (Å²) < 4.78 is 2.38. The Labute approximate surface area is 267 Å². The number of allylic oxidation sites excluding steroid dienone is 1. The van der Waals surface area contributed by atoms with Crippen molar-refractivity contribution in [2.45, 2.75) is 19.3 Å². The van der Waals surface area contributed by atoms with E-state index < -0.39 is 0 Å². The van der Waals surface area contributed by atoms with E-state index in [2.05, 4.69) is 151 Å². The highest BCUT2D eigenvalue weighted by Crippen LogP contribution is 2.53. The van der Waals surface area contributed by atoms with Crippen molar-refractivity contribution in [2.24, 2.45) is 0 Å². The van der Waals surface area contributed by atoms with E-state index in [0.29, 0.717) is 5.92 Å². The molecule has 8 aromatic rings. The molecule has 0 saturated heterocycles. The molecule has 0 saturated carbocycles. The molecule has 0 radical (unpaired) electrons. The van der Waals surface area contributed by atoms with E-state index in [-0.39, 0.29) is 0 Å². The fourth-order valence-electron chi connectivity index (χ4n) is 7.84. The van der Waals surface area contributed by atoms with Gasteiger partial charge >= 0.3 is 0 Å². The Morgan fingerprint density at radius 3 is 1.89 bits per heavy atom. The predicted octanol–water partition coefficient (Wildman–Crippen LogP) is 11.0. The van der Waals surface area contributed by atoms with Gasteiger partial charge in [0.05, 0.1) is 16.9 Å². The molecule has 2 aliphatic carbocycles. The lowest BCUT2D eigenvalue weighted by Crippen LogP contribution is -2.12. The maximum atomic E-state index is 5.33. The van der Waals surface area contributed by atoms with Crippen LogP contribution >= 0.6 is 0 Å². The lowest BCUT2D eigenvalue weighted by atomic mass is 9.83. The minimum absolute atomic E-state index is 0.291. The third-order valence-electron chi connectivity index (χ3n) is 9.94. The van der Waals surface area contributed by atoms with Crippen LogP contribution in [0.15, 0.2) is 140 Å². The van der Waals surface area contributed by atoms with Gasteiger partial charge in [0.15, 0.2) is 0 Å². The first-order chi connectivity index (χ1) is 22.7. The van der Waals surface area contributed by atoms with Crippen LogP contribution in [0.1, 0.15) is 36.1 Å². The van der Waals surface area contributed by atoms with Crippen molar-refractivity contribution < 1.29 is 0 Å². The maximum Gasteiger partial charge on any atom is 0.235 e. The highest BCUT2D eigenvalue weighted by molar-refractivity contribution is 6.23. The monoisotopic (exact) mass is 587 g/mol. The first-order valence-electron chi connectivity index (χ1n) is 16.1. The summed E-state index contributed by atoms with van der Waals surface area (Å²) in [6, 6.07) is 47.9. The van der Waals surface area contributed by atoms with Gasteiger partial charge < -0.3 is 0 Å². The summed E-state index contributed by atoms with van der Waals surface area (Å²) in [4.78, 5) is 10.7. The van der Waals surface area contributed by atoms with Gasteiger partial charge in [0.2, 0.25) is 5.95 Å². The Bertz CT molecular complexity index is 2500. The minimum Gasteiger partial charge on any atom is -0.281 e. The zero-order chi connectivity index (χ0) is 30.4. The van der Waals surface area contributed by atoms with E-state index >= 15 is 0 Å². The standard InChI is InChI=1S/C43H29N3/c1-26-19-21-33-35-24-31-16-9-8-15-30(31)23-34(35)32-18-10-17-29-20-22-38-41(39(29)32)40(33)42(26)46(38)43-44-36(27-11-4-2-5-12-27)25-37(45-43)28-13-6-3-7-14-28/h2-18,20-26H,19H2,1H3. The molecule has 10 rings (SSSR count). The van der Waals surface area contributed by atoms with Crippen LogP contribution in [0.4, 0.5) is 0 Å². The molecule has 3 heteroatoms. The Hall–Kier alpha value is -5.80. The highest BCUT2D eigenvalue weighted by atomic mass is 15.2. The zero-order valence-corrected chi connectivity index (χ0v) is 25.4. The minimum atomic E-state index is 0.291. The molecule has 0 bridgehead atoms. The van der Waals surface area contributed by atoms with Gasteiger partial charge in [-0.2, -0.15) is 0 Å². The fourth-order valence-corrected chi connectivity index (χ4v) is 7.84. The average Bonchev–Trinajstić information content (AvgIpc) is 3.42. The van der Waals surface area contributed by atoms with Crippen molar-refractivity contribution in [1.29, 1.82) is 0 Å². The van der Waals surface area contributed by atoms with E-state index in [1.54, 1.807) is 0 Å². The topological polar surface area (TPSA) is 30.7 Å². The van der Waals surface area contributed by atoms with Crippen LogP contribution in [0.3, 0.4) is 0 Å². The van der Waals surface area contributed by atoms with Gasteiger partial charge in [-0.15, -0.1) is 0 Å². The molecule has 0 aliphatic heterocycles. The summed E-state index contributed by atoms with van der Waals surface area (Å²) in [5.41, 5.74) is 13.0. The maximum absolute atomic E-state index is 5.33. The molecule has 46 heavy (non-hydrogen) atoms. The smallest absolute Gasteiger partial charge is 0.235 e. The number of hydrogen-bond acceptors (Lipinski definition) is 2. The molecule has 216 valence electrons. The fraction of sp³-hybridized carbons (Fsp3) is 0.0698. The highest BCUT2D eigenvalue weighted by Gasteiger charge is 2.34. The van der Waals surface area contributed by atoms with Crippen LogP contribution in [-0.2, 0) is 0 Å². The van der Waals surface area contributed by atoms with Crippen molar-refractivity contribution in [3.8, 4) is 39.6 Å². The van der Waals surface area contributed by atoms with Crippen LogP contribution in [0.25, 0.3) is 77.6 Å². The van der Waals surface area contributed by atoms with E-state index in [9.17, 15) is 0 Å². The van der Waals surface area contributed by atoms with E-state index in [4.69, 9.17) is 9.97 Å². The second-order valence-corrected chi connectivity index (χ2v) is 12.6. The van der Waals surface area contributed by atoms with Crippen molar-refractivity contribution in [1.82, 2.24) is 14.5 Å². The molecule has 2 heterocycles. The molecular formula is C43H29N3. The van der Waals surface area contributed by atoms with Crippen molar-refractivity contribution in [2.75, 3.05) is 0 Å². The van der Waals surface area contributed by atoms with Crippen LogP contribution in [0.2, 0.25) is 0 Å². The van der Waals surface area contributed by atoms with E-state index in [1.165, 1.54) is 60.5 Å². The third kappa shape index (κ3) is 3.60. The molecule has 0 N–H and O–H groups in total. The second-order valence-electron chi connectivity index (χ2n) is 12.6. The molecule has 1 unspecified atom stereocenters. The predicted molar refractivity (Wildman–Crippen MR) is 190 cm³/mol. The van der Waals surface area contributed by atoms with Crippen LogP contribution in [0, 0.1) is 0 Å². The van der Waals surface area contributed by atoms with Crippen molar-refractivity contribution in [3.05, 3.63) is 156 Å². The number of rotatable bonds is 3. The number of nitrogens with zero attached hydrogens (tertiary/aromatic N) is 3.